The molecule has 2 aromatic heterocycles. The molecule has 0 saturated heterocycles. The molecule has 0 radical (unpaired) electrons. The van der Waals surface area contributed by atoms with Crippen LogP contribution in [0.5, 0.6) is 5.75 Å². The van der Waals surface area contributed by atoms with Gasteiger partial charge in [-0.2, -0.15) is 13.2 Å². The minimum absolute atomic E-state index is 0.00962. The molecule has 8 heteroatoms. The first kappa shape index (κ1) is 15.3. The molecule has 3 rings (SSSR count). The van der Waals surface area contributed by atoms with E-state index in [0.717, 1.165) is 37.2 Å². The van der Waals surface area contributed by atoms with E-state index in [2.05, 4.69) is 15.3 Å². The molecule has 0 aliphatic heterocycles. The predicted octanol–water partition coefficient (Wildman–Crippen LogP) is 3.33. The van der Waals surface area contributed by atoms with Crippen molar-refractivity contribution in [2.24, 2.45) is 0 Å². The van der Waals surface area contributed by atoms with Crippen molar-refractivity contribution in [3.63, 3.8) is 0 Å². The van der Waals surface area contributed by atoms with Gasteiger partial charge in [-0.1, -0.05) is 0 Å². The second-order valence-electron chi connectivity index (χ2n) is 5.32. The number of aromatic hydroxyl groups is 1. The van der Waals surface area contributed by atoms with Crippen LogP contribution in [0.2, 0.25) is 0 Å². The molecule has 1 aliphatic rings. The van der Waals surface area contributed by atoms with Crippen LogP contribution in [0.1, 0.15) is 40.4 Å². The minimum atomic E-state index is -4.52. The van der Waals surface area contributed by atoms with Gasteiger partial charge in [0.05, 0.1) is 17.3 Å². The zero-order valence-corrected chi connectivity index (χ0v) is 11.8. The van der Waals surface area contributed by atoms with Crippen LogP contribution in [0.4, 0.5) is 19.0 Å². The Morgan fingerprint density at radius 1 is 1.22 bits per heavy atom. The highest BCUT2D eigenvalue weighted by Gasteiger charge is 2.34. The Labute approximate surface area is 129 Å². The average molecular weight is 323 g/mol. The van der Waals surface area contributed by atoms with Crippen molar-refractivity contribution in [1.29, 1.82) is 0 Å². The maximum Gasteiger partial charge on any atom is 0.416 e. The Morgan fingerprint density at radius 3 is 2.57 bits per heavy atom. The van der Waals surface area contributed by atoms with Crippen LogP contribution in [0, 0.1) is 0 Å². The number of halogens is 3. The first-order valence-corrected chi connectivity index (χ1v) is 6.87. The van der Waals surface area contributed by atoms with E-state index in [9.17, 15) is 23.1 Å². The molecule has 2 N–H and O–H groups in total. The number of aromatic nitrogens is 2. The highest BCUT2D eigenvalue weighted by molar-refractivity contribution is 6.03. The van der Waals surface area contributed by atoms with Gasteiger partial charge in [-0.05, 0) is 31.0 Å². The molecule has 1 aliphatic carbocycles. The molecule has 1 amide bonds. The Hall–Kier alpha value is -2.64. The Kier molecular flexibility index (Phi) is 3.67. The number of alkyl halides is 3. The quantitative estimate of drug-likeness (QED) is 0.908. The molecule has 2 heterocycles. The van der Waals surface area contributed by atoms with Crippen molar-refractivity contribution in [3.05, 3.63) is 47.4 Å². The van der Waals surface area contributed by atoms with E-state index in [-0.39, 0.29) is 23.0 Å². The number of rotatable bonds is 3. The summed E-state index contributed by atoms with van der Waals surface area (Å²) < 4.78 is 38.9. The molecule has 0 atom stereocenters. The summed E-state index contributed by atoms with van der Waals surface area (Å²) in [4.78, 5) is 19.8. The highest BCUT2D eigenvalue weighted by atomic mass is 19.4. The van der Waals surface area contributed by atoms with E-state index in [1.807, 2.05) is 0 Å². The molecule has 1 saturated carbocycles. The summed E-state index contributed by atoms with van der Waals surface area (Å²) in [6.07, 6.45) is -0.593. The summed E-state index contributed by atoms with van der Waals surface area (Å²) >= 11 is 0. The zero-order valence-electron chi connectivity index (χ0n) is 11.8. The fourth-order valence-electron chi connectivity index (χ4n) is 2.11. The lowest BCUT2D eigenvalue weighted by atomic mass is 10.1. The molecule has 0 aromatic carbocycles. The third kappa shape index (κ3) is 3.58. The van der Waals surface area contributed by atoms with Gasteiger partial charge in [-0.3, -0.25) is 9.78 Å². The van der Waals surface area contributed by atoms with Gasteiger partial charge in [0, 0.05) is 17.8 Å². The Bertz CT molecular complexity index is 758. The number of nitrogens with one attached hydrogen (secondary N) is 1. The van der Waals surface area contributed by atoms with E-state index in [0.29, 0.717) is 5.69 Å². The van der Waals surface area contributed by atoms with E-state index >= 15 is 0 Å². The third-order valence-corrected chi connectivity index (χ3v) is 3.40. The van der Waals surface area contributed by atoms with Gasteiger partial charge in [-0.25, -0.2) is 4.98 Å². The largest absolute Gasteiger partial charge is 0.506 e. The monoisotopic (exact) mass is 323 g/mol. The van der Waals surface area contributed by atoms with Crippen molar-refractivity contribution >= 4 is 11.7 Å². The summed E-state index contributed by atoms with van der Waals surface area (Å²) in [5, 5.41) is 11.6. The van der Waals surface area contributed by atoms with Gasteiger partial charge in [-0.15, -0.1) is 0 Å². The van der Waals surface area contributed by atoms with E-state index in [1.54, 1.807) is 0 Å². The molecular formula is C15H12F3N3O2. The molecule has 1 fully saturated rings. The van der Waals surface area contributed by atoms with Crippen LogP contribution < -0.4 is 5.32 Å². The van der Waals surface area contributed by atoms with Crippen LogP contribution in [0.3, 0.4) is 0 Å². The zero-order chi connectivity index (χ0) is 16.6. The summed E-state index contributed by atoms with van der Waals surface area (Å²) in [6, 6.07) is 2.97. The normalized spacial score (nSPS) is 14.6. The molecule has 0 bridgehead atoms. The second-order valence-corrected chi connectivity index (χ2v) is 5.32. The number of amides is 1. The van der Waals surface area contributed by atoms with Gasteiger partial charge < -0.3 is 10.4 Å². The lowest BCUT2D eigenvalue weighted by molar-refractivity contribution is -0.137. The number of hydrogen-bond donors (Lipinski definition) is 2. The standard InChI is InChI=1S/C15H12F3N3O2/c16-15(17,18)10-4-12(8-1-2-8)20-13(5-10)21-14(23)9-3-11(22)7-19-6-9/h3-8,22H,1-2H2,(H,20,21,23). The highest BCUT2D eigenvalue weighted by Crippen LogP contribution is 2.41. The molecule has 23 heavy (non-hydrogen) atoms. The number of anilines is 1. The lowest BCUT2D eigenvalue weighted by Gasteiger charge is -2.12. The van der Waals surface area contributed by atoms with Gasteiger partial charge >= 0.3 is 6.18 Å². The van der Waals surface area contributed by atoms with Crippen LogP contribution >= 0.6 is 0 Å². The summed E-state index contributed by atoms with van der Waals surface area (Å²) in [5.74, 6) is -1.07. The topological polar surface area (TPSA) is 75.1 Å². The van der Waals surface area contributed by atoms with Crippen molar-refractivity contribution in [2.45, 2.75) is 24.9 Å². The average Bonchev–Trinajstić information content (AvgIpc) is 3.30. The molecular weight excluding hydrogens is 311 g/mol. The number of carbonyl (C=O) groups is 1. The van der Waals surface area contributed by atoms with Crippen LogP contribution in [-0.4, -0.2) is 21.0 Å². The Balaban J connectivity index is 1.89. The number of carbonyl (C=O) groups excluding carboxylic acids is 1. The molecule has 120 valence electrons. The number of pyridine rings is 2. The van der Waals surface area contributed by atoms with Gasteiger partial charge in [0.1, 0.15) is 11.6 Å². The van der Waals surface area contributed by atoms with E-state index in [1.165, 1.54) is 6.20 Å². The number of hydrogen-bond acceptors (Lipinski definition) is 4. The van der Waals surface area contributed by atoms with Gasteiger partial charge in [0.2, 0.25) is 0 Å². The molecule has 0 unspecified atom stereocenters. The number of nitrogens with zero attached hydrogens (tertiary/aromatic N) is 2. The minimum Gasteiger partial charge on any atom is -0.506 e. The second kappa shape index (κ2) is 5.53. The fourth-order valence-corrected chi connectivity index (χ4v) is 2.11. The smallest absolute Gasteiger partial charge is 0.416 e. The third-order valence-electron chi connectivity index (χ3n) is 3.40. The summed E-state index contributed by atoms with van der Waals surface area (Å²) in [6.45, 7) is 0. The maximum absolute atomic E-state index is 13.0. The maximum atomic E-state index is 13.0. The van der Waals surface area contributed by atoms with Crippen molar-refractivity contribution in [1.82, 2.24) is 9.97 Å². The van der Waals surface area contributed by atoms with Crippen LogP contribution in [0.15, 0.2) is 30.6 Å². The van der Waals surface area contributed by atoms with Crippen LogP contribution in [0.25, 0.3) is 0 Å². The van der Waals surface area contributed by atoms with E-state index in [4.69, 9.17) is 0 Å². The van der Waals surface area contributed by atoms with E-state index < -0.39 is 17.6 Å². The van der Waals surface area contributed by atoms with Crippen molar-refractivity contribution in [2.75, 3.05) is 5.32 Å². The first-order chi connectivity index (χ1) is 10.8. The van der Waals surface area contributed by atoms with Gasteiger partial charge in [0.15, 0.2) is 0 Å². The molecule has 0 spiro atoms. The van der Waals surface area contributed by atoms with Crippen molar-refractivity contribution in [3.8, 4) is 5.75 Å². The molecule has 5 nitrogen and oxygen atoms in total. The summed E-state index contributed by atoms with van der Waals surface area (Å²) in [7, 11) is 0. The van der Waals surface area contributed by atoms with Gasteiger partial charge in [0.25, 0.3) is 5.91 Å². The lowest BCUT2D eigenvalue weighted by Crippen LogP contribution is -2.15. The fraction of sp³-hybridized carbons (Fsp3) is 0.267. The first-order valence-electron chi connectivity index (χ1n) is 6.87. The SMILES string of the molecule is O=C(Nc1cc(C(F)(F)F)cc(C2CC2)n1)c1cncc(O)c1. The Morgan fingerprint density at radius 2 is 1.96 bits per heavy atom. The predicted molar refractivity (Wildman–Crippen MR) is 75.1 cm³/mol. The van der Waals surface area contributed by atoms with Crippen molar-refractivity contribution < 1.29 is 23.1 Å². The molecule has 2 aromatic rings. The summed E-state index contributed by atoms with van der Waals surface area (Å²) in [5.41, 5.74) is -0.500. The van der Waals surface area contributed by atoms with Crippen LogP contribution in [-0.2, 0) is 6.18 Å².